The smallest absolute Gasteiger partial charge is 0.316 e. The summed E-state index contributed by atoms with van der Waals surface area (Å²) in [5.74, 6) is 0.833. The molecule has 0 aliphatic carbocycles. The third kappa shape index (κ3) is 4.32. The number of hydrogen-bond donors (Lipinski definition) is 0. The number of unbranched alkanes of at least 4 members (excludes halogenated alkanes) is 1. The number of esters is 1. The molecule has 0 aliphatic rings. The van der Waals surface area contributed by atoms with Crippen LogP contribution < -0.4 is 0 Å². The zero-order valence-electron chi connectivity index (χ0n) is 12.3. The number of ether oxygens (including phenoxy) is 1. The van der Waals surface area contributed by atoms with Gasteiger partial charge in [-0.3, -0.25) is 4.79 Å². The molecule has 0 atom stereocenters. The first kappa shape index (κ1) is 15.6. The van der Waals surface area contributed by atoms with E-state index in [0.29, 0.717) is 11.8 Å². The molecule has 0 unspecified atom stereocenters. The van der Waals surface area contributed by atoms with Crippen molar-refractivity contribution in [2.24, 2.45) is 7.05 Å². The summed E-state index contributed by atoms with van der Waals surface area (Å²) in [5.41, 5.74) is 1.00. The van der Waals surface area contributed by atoms with Gasteiger partial charge in [-0.05, 0) is 6.42 Å². The van der Waals surface area contributed by atoms with Gasteiger partial charge in [0.2, 0.25) is 0 Å². The van der Waals surface area contributed by atoms with Crippen molar-refractivity contribution in [3.63, 3.8) is 0 Å². The predicted octanol–water partition coefficient (Wildman–Crippen LogP) is 2.92. The van der Waals surface area contributed by atoms with Gasteiger partial charge >= 0.3 is 5.97 Å². The van der Waals surface area contributed by atoms with Crippen molar-refractivity contribution in [3.05, 3.63) is 30.3 Å². The van der Waals surface area contributed by atoms with Crippen molar-refractivity contribution in [2.75, 3.05) is 12.4 Å². The molecule has 2 aromatic rings. The summed E-state index contributed by atoms with van der Waals surface area (Å²) in [5, 5.41) is 9.02. The van der Waals surface area contributed by atoms with Gasteiger partial charge in [0.15, 0.2) is 11.0 Å². The van der Waals surface area contributed by atoms with Crippen molar-refractivity contribution in [2.45, 2.75) is 24.9 Å². The van der Waals surface area contributed by atoms with Crippen LogP contribution in [0.1, 0.15) is 19.8 Å². The maximum Gasteiger partial charge on any atom is 0.316 e. The Morgan fingerprint density at radius 3 is 2.76 bits per heavy atom. The third-order valence-electron chi connectivity index (χ3n) is 2.95. The second kappa shape index (κ2) is 7.83. The van der Waals surface area contributed by atoms with Gasteiger partial charge in [0.05, 0.1) is 12.4 Å². The number of carbonyl (C=O) groups is 1. The third-order valence-corrected chi connectivity index (χ3v) is 3.94. The van der Waals surface area contributed by atoms with Crippen molar-refractivity contribution >= 4 is 17.7 Å². The number of benzene rings is 1. The van der Waals surface area contributed by atoms with Crippen LogP contribution in [0.3, 0.4) is 0 Å². The molecule has 0 fully saturated rings. The molecule has 0 saturated heterocycles. The number of carbonyl (C=O) groups excluding carboxylic acids is 1. The lowest BCUT2D eigenvalue weighted by Gasteiger charge is -2.04. The average molecular weight is 305 g/mol. The topological polar surface area (TPSA) is 57.0 Å². The Morgan fingerprint density at radius 2 is 2.05 bits per heavy atom. The summed E-state index contributed by atoms with van der Waals surface area (Å²) in [7, 11) is 1.90. The van der Waals surface area contributed by atoms with Crippen molar-refractivity contribution in [1.82, 2.24) is 14.8 Å². The molecule has 21 heavy (non-hydrogen) atoms. The van der Waals surface area contributed by atoms with E-state index in [2.05, 4.69) is 17.1 Å². The van der Waals surface area contributed by atoms with Crippen molar-refractivity contribution in [1.29, 1.82) is 0 Å². The molecule has 5 nitrogen and oxygen atoms in total. The van der Waals surface area contributed by atoms with Gasteiger partial charge < -0.3 is 9.30 Å². The van der Waals surface area contributed by atoms with E-state index in [4.69, 9.17) is 4.74 Å². The van der Waals surface area contributed by atoms with E-state index < -0.39 is 0 Å². The zero-order valence-corrected chi connectivity index (χ0v) is 13.1. The van der Waals surface area contributed by atoms with Gasteiger partial charge in [-0.1, -0.05) is 55.4 Å². The molecular formula is C15H19N3O2S. The minimum atomic E-state index is -0.210. The van der Waals surface area contributed by atoms with Crippen LogP contribution in [0.25, 0.3) is 11.4 Å². The molecule has 0 bridgehead atoms. The van der Waals surface area contributed by atoms with E-state index in [1.54, 1.807) is 0 Å². The first-order chi connectivity index (χ1) is 10.2. The maximum atomic E-state index is 11.6. The summed E-state index contributed by atoms with van der Waals surface area (Å²) >= 11 is 1.34. The molecule has 0 radical (unpaired) electrons. The molecule has 0 N–H and O–H groups in total. The van der Waals surface area contributed by atoms with Crippen LogP contribution in [0.5, 0.6) is 0 Å². The van der Waals surface area contributed by atoms with Gasteiger partial charge in [0.1, 0.15) is 0 Å². The second-order valence-electron chi connectivity index (χ2n) is 4.59. The number of nitrogens with zero attached hydrogens (tertiary/aromatic N) is 3. The number of rotatable bonds is 7. The quantitative estimate of drug-likeness (QED) is 0.447. The van der Waals surface area contributed by atoms with E-state index in [1.165, 1.54) is 11.8 Å². The predicted molar refractivity (Wildman–Crippen MR) is 83.0 cm³/mol. The normalized spacial score (nSPS) is 10.6. The van der Waals surface area contributed by atoms with Crippen LogP contribution in [0.4, 0.5) is 0 Å². The molecular weight excluding hydrogens is 286 g/mol. The van der Waals surface area contributed by atoms with Crippen molar-refractivity contribution < 1.29 is 9.53 Å². The number of aromatic nitrogens is 3. The van der Waals surface area contributed by atoms with Gasteiger partial charge in [0, 0.05) is 12.6 Å². The Labute approximate surface area is 128 Å². The molecule has 0 saturated carbocycles. The molecule has 0 aliphatic heterocycles. The van der Waals surface area contributed by atoms with Crippen LogP contribution in [0, 0.1) is 0 Å². The minimum Gasteiger partial charge on any atom is -0.465 e. The highest BCUT2D eigenvalue weighted by atomic mass is 32.2. The van der Waals surface area contributed by atoms with Gasteiger partial charge in [-0.25, -0.2) is 0 Å². The van der Waals surface area contributed by atoms with Gasteiger partial charge in [0.25, 0.3) is 0 Å². The minimum absolute atomic E-state index is 0.210. The van der Waals surface area contributed by atoms with Crippen LogP contribution in [0.2, 0.25) is 0 Å². The van der Waals surface area contributed by atoms with Crippen LogP contribution in [0.15, 0.2) is 35.5 Å². The molecule has 112 valence electrons. The van der Waals surface area contributed by atoms with Crippen LogP contribution >= 0.6 is 11.8 Å². The first-order valence-corrected chi connectivity index (χ1v) is 7.94. The Hall–Kier alpha value is -1.82. The van der Waals surface area contributed by atoms with Crippen molar-refractivity contribution in [3.8, 4) is 11.4 Å². The highest BCUT2D eigenvalue weighted by Gasteiger charge is 2.13. The summed E-state index contributed by atoms with van der Waals surface area (Å²) in [6.45, 7) is 2.55. The van der Waals surface area contributed by atoms with E-state index in [0.717, 1.165) is 24.2 Å². The lowest BCUT2D eigenvalue weighted by Crippen LogP contribution is -2.09. The lowest BCUT2D eigenvalue weighted by molar-refractivity contribution is -0.140. The first-order valence-electron chi connectivity index (χ1n) is 6.95. The SMILES string of the molecule is CCCCOC(=O)CSc1nnc(-c2ccccc2)n1C. The monoisotopic (exact) mass is 305 g/mol. The Bertz CT molecular complexity index is 584. The Kier molecular flexibility index (Phi) is 5.80. The summed E-state index contributed by atoms with van der Waals surface area (Å²) in [6.07, 6.45) is 1.92. The van der Waals surface area contributed by atoms with Crippen LogP contribution in [-0.4, -0.2) is 33.1 Å². The fourth-order valence-electron chi connectivity index (χ4n) is 1.77. The fourth-order valence-corrected chi connectivity index (χ4v) is 2.48. The zero-order chi connectivity index (χ0) is 15.1. The largest absolute Gasteiger partial charge is 0.465 e. The summed E-state index contributed by atoms with van der Waals surface area (Å²) in [4.78, 5) is 11.6. The van der Waals surface area contributed by atoms with Gasteiger partial charge in [-0.2, -0.15) is 0 Å². The number of hydrogen-bond acceptors (Lipinski definition) is 5. The Morgan fingerprint density at radius 1 is 1.29 bits per heavy atom. The van der Waals surface area contributed by atoms with E-state index in [-0.39, 0.29) is 11.7 Å². The molecule has 0 amide bonds. The van der Waals surface area contributed by atoms with E-state index >= 15 is 0 Å². The standard InChI is InChI=1S/C15H19N3O2S/c1-3-4-10-20-13(19)11-21-15-17-16-14(18(15)2)12-8-6-5-7-9-12/h5-9H,3-4,10-11H2,1-2H3. The average Bonchev–Trinajstić information content (AvgIpc) is 2.87. The fraction of sp³-hybridized carbons (Fsp3) is 0.400. The molecule has 1 aromatic heterocycles. The number of thioether (sulfide) groups is 1. The lowest BCUT2D eigenvalue weighted by atomic mass is 10.2. The van der Waals surface area contributed by atoms with E-state index in [1.807, 2.05) is 41.9 Å². The maximum absolute atomic E-state index is 11.6. The molecule has 1 aromatic carbocycles. The molecule has 0 spiro atoms. The molecule has 6 heteroatoms. The molecule has 1 heterocycles. The highest BCUT2D eigenvalue weighted by molar-refractivity contribution is 7.99. The van der Waals surface area contributed by atoms with Gasteiger partial charge in [-0.15, -0.1) is 10.2 Å². The summed E-state index contributed by atoms with van der Waals surface area (Å²) in [6, 6.07) is 9.85. The molecule has 2 rings (SSSR count). The second-order valence-corrected chi connectivity index (χ2v) is 5.54. The highest BCUT2D eigenvalue weighted by Crippen LogP contribution is 2.22. The van der Waals surface area contributed by atoms with E-state index in [9.17, 15) is 4.79 Å². The van der Waals surface area contributed by atoms with Crippen LogP contribution in [-0.2, 0) is 16.6 Å². The Balaban J connectivity index is 1.93. The summed E-state index contributed by atoms with van der Waals surface area (Å²) < 4.78 is 7.01.